The highest BCUT2D eigenvalue weighted by atomic mass is 32.2. The minimum absolute atomic E-state index is 0.0457. The molecule has 1 aliphatic heterocycles. The van der Waals surface area contributed by atoms with E-state index < -0.39 is 5.25 Å². The van der Waals surface area contributed by atoms with E-state index in [-0.39, 0.29) is 18.2 Å². The Kier molecular flexibility index (Phi) is 7.02. The highest BCUT2D eigenvalue weighted by Crippen LogP contribution is 2.23. The van der Waals surface area contributed by atoms with Gasteiger partial charge in [0.2, 0.25) is 11.8 Å². The van der Waals surface area contributed by atoms with Gasteiger partial charge in [-0.1, -0.05) is 42.1 Å². The van der Waals surface area contributed by atoms with E-state index in [4.69, 9.17) is 4.74 Å². The fourth-order valence-corrected chi connectivity index (χ4v) is 3.54. The Labute approximate surface area is 173 Å². The normalized spacial score (nSPS) is 17.9. The highest BCUT2D eigenvalue weighted by Gasteiger charge is 2.32. The van der Waals surface area contributed by atoms with Gasteiger partial charge in [-0.25, -0.2) is 0 Å². The van der Waals surface area contributed by atoms with Gasteiger partial charge in [-0.3, -0.25) is 9.59 Å². The molecule has 1 fully saturated rings. The second-order valence-electron chi connectivity index (χ2n) is 6.26. The molecule has 7 nitrogen and oxygen atoms in total. The van der Waals surface area contributed by atoms with Crippen LogP contribution in [0.15, 0.2) is 64.8 Å². The van der Waals surface area contributed by atoms with Gasteiger partial charge in [-0.15, -0.1) is 5.10 Å². The van der Waals surface area contributed by atoms with Gasteiger partial charge in [0.15, 0.2) is 5.17 Å². The number of nitrogens with one attached hydrogen (secondary N) is 2. The fraction of sp³-hybridized carbons (Fsp3) is 0.238. The van der Waals surface area contributed by atoms with Crippen molar-refractivity contribution in [3.8, 4) is 5.75 Å². The summed E-state index contributed by atoms with van der Waals surface area (Å²) in [6.07, 6.45) is 0.0457. The average molecular weight is 410 g/mol. The van der Waals surface area contributed by atoms with Gasteiger partial charge in [0, 0.05) is 12.1 Å². The maximum atomic E-state index is 12.3. The molecular weight excluding hydrogens is 388 g/mol. The first-order valence-electron chi connectivity index (χ1n) is 9.23. The van der Waals surface area contributed by atoms with E-state index in [0.29, 0.717) is 17.5 Å². The summed E-state index contributed by atoms with van der Waals surface area (Å²) in [6, 6.07) is 16.7. The molecule has 3 rings (SSSR count). The molecule has 0 spiro atoms. The zero-order valence-corrected chi connectivity index (χ0v) is 17.0. The number of amides is 2. The molecule has 1 saturated heterocycles. The molecule has 150 valence electrons. The van der Waals surface area contributed by atoms with E-state index in [1.165, 1.54) is 11.8 Å². The van der Waals surface area contributed by atoms with Crippen LogP contribution in [0.25, 0.3) is 0 Å². The van der Waals surface area contributed by atoms with Gasteiger partial charge < -0.3 is 15.4 Å². The van der Waals surface area contributed by atoms with Crippen molar-refractivity contribution in [1.82, 2.24) is 5.32 Å². The number of amidine groups is 1. The smallest absolute Gasteiger partial charge is 0.240 e. The Morgan fingerprint density at radius 1 is 1.17 bits per heavy atom. The molecule has 2 aromatic rings. The van der Waals surface area contributed by atoms with Crippen LogP contribution in [0.2, 0.25) is 0 Å². The molecule has 0 saturated carbocycles. The Hall–Kier alpha value is -3.13. The van der Waals surface area contributed by atoms with Crippen molar-refractivity contribution in [2.45, 2.75) is 25.5 Å². The molecule has 0 unspecified atom stereocenters. The van der Waals surface area contributed by atoms with Gasteiger partial charge in [0.25, 0.3) is 0 Å². The molecule has 2 aromatic carbocycles. The number of carbonyl (C=O) groups excluding carboxylic acids is 2. The number of benzene rings is 2. The van der Waals surface area contributed by atoms with Crippen molar-refractivity contribution in [2.75, 3.05) is 11.9 Å². The van der Waals surface area contributed by atoms with Crippen LogP contribution in [0, 0.1) is 0 Å². The topological polar surface area (TPSA) is 92.2 Å². The van der Waals surface area contributed by atoms with Gasteiger partial charge in [0.1, 0.15) is 11.0 Å². The lowest BCUT2D eigenvalue weighted by atomic mass is 10.1. The SMILES string of the molecule is CCOc1ccc(NC(=O)C[C@H]2S/C(=N/N=C(/C)c3ccccc3)NC2=O)cc1. The zero-order valence-electron chi connectivity index (χ0n) is 16.2. The molecule has 2 amide bonds. The lowest BCUT2D eigenvalue weighted by molar-refractivity contribution is -0.122. The van der Waals surface area contributed by atoms with Crippen LogP contribution in [0.4, 0.5) is 5.69 Å². The van der Waals surface area contributed by atoms with Crippen molar-refractivity contribution >= 4 is 40.1 Å². The maximum absolute atomic E-state index is 12.3. The van der Waals surface area contributed by atoms with E-state index in [0.717, 1.165) is 17.0 Å². The van der Waals surface area contributed by atoms with Gasteiger partial charge in [0.05, 0.1) is 12.3 Å². The number of rotatable bonds is 7. The van der Waals surface area contributed by atoms with Crippen LogP contribution < -0.4 is 15.4 Å². The van der Waals surface area contributed by atoms with Crippen LogP contribution >= 0.6 is 11.8 Å². The fourth-order valence-electron chi connectivity index (χ4n) is 2.63. The van der Waals surface area contributed by atoms with Crippen LogP contribution in [-0.4, -0.2) is 34.6 Å². The summed E-state index contributed by atoms with van der Waals surface area (Å²) in [7, 11) is 0. The number of thioether (sulfide) groups is 1. The summed E-state index contributed by atoms with van der Waals surface area (Å²) >= 11 is 1.21. The number of anilines is 1. The predicted octanol–water partition coefficient (Wildman–Crippen LogP) is 3.43. The minimum atomic E-state index is -0.538. The van der Waals surface area contributed by atoms with Crippen molar-refractivity contribution in [3.05, 3.63) is 60.2 Å². The third-order valence-corrected chi connectivity index (χ3v) is 5.15. The third-order valence-electron chi connectivity index (χ3n) is 4.08. The molecular formula is C21H22N4O3S. The molecule has 29 heavy (non-hydrogen) atoms. The largest absolute Gasteiger partial charge is 0.494 e. The Balaban J connectivity index is 1.55. The first-order chi connectivity index (χ1) is 14.0. The second-order valence-corrected chi connectivity index (χ2v) is 7.45. The van der Waals surface area contributed by atoms with Gasteiger partial charge in [-0.2, -0.15) is 5.10 Å². The van der Waals surface area contributed by atoms with Crippen LogP contribution in [-0.2, 0) is 9.59 Å². The number of ether oxygens (including phenoxy) is 1. The summed E-state index contributed by atoms with van der Waals surface area (Å²) < 4.78 is 5.37. The molecule has 0 aromatic heterocycles. The van der Waals surface area contributed by atoms with E-state index in [1.54, 1.807) is 24.3 Å². The molecule has 8 heteroatoms. The van der Waals surface area contributed by atoms with Crippen LogP contribution in [0.3, 0.4) is 0 Å². The van der Waals surface area contributed by atoms with E-state index in [1.807, 2.05) is 44.2 Å². The quantitative estimate of drug-likeness (QED) is 0.540. The molecule has 0 bridgehead atoms. The van der Waals surface area contributed by atoms with Gasteiger partial charge >= 0.3 is 0 Å². The summed E-state index contributed by atoms with van der Waals surface area (Å²) in [5, 5.41) is 13.6. The highest BCUT2D eigenvalue weighted by molar-refractivity contribution is 8.15. The number of carbonyl (C=O) groups is 2. The third kappa shape index (κ3) is 5.92. The van der Waals surface area contributed by atoms with Crippen LogP contribution in [0.5, 0.6) is 5.75 Å². The van der Waals surface area contributed by atoms with Crippen molar-refractivity contribution in [2.24, 2.45) is 10.2 Å². The van der Waals surface area contributed by atoms with E-state index in [2.05, 4.69) is 20.8 Å². The van der Waals surface area contributed by atoms with Gasteiger partial charge in [-0.05, 0) is 43.7 Å². The number of hydrogen-bond acceptors (Lipinski definition) is 6. The lowest BCUT2D eigenvalue weighted by Crippen LogP contribution is -2.28. The molecule has 1 aliphatic rings. The molecule has 1 atom stereocenters. The summed E-state index contributed by atoms with van der Waals surface area (Å²) in [6.45, 7) is 4.34. The monoisotopic (exact) mass is 410 g/mol. The van der Waals surface area contributed by atoms with E-state index >= 15 is 0 Å². The predicted molar refractivity (Wildman–Crippen MR) is 116 cm³/mol. The Bertz CT molecular complexity index is 927. The summed E-state index contributed by atoms with van der Waals surface area (Å²) in [4.78, 5) is 24.4. The van der Waals surface area contributed by atoms with Crippen molar-refractivity contribution in [3.63, 3.8) is 0 Å². The second kappa shape index (κ2) is 9.88. The maximum Gasteiger partial charge on any atom is 0.240 e. The molecule has 0 aliphatic carbocycles. The standard InChI is InChI=1S/C21H22N4O3S/c1-3-28-17-11-9-16(10-12-17)22-19(26)13-18-20(27)23-21(29-18)25-24-14(2)15-7-5-4-6-8-15/h4-12,18H,3,13H2,1-2H3,(H,22,26)(H,23,25,27)/b24-14-/t18-/m1/s1. The Morgan fingerprint density at radius 2 is 1.90 bits per heavy atom. The summed E-state index contributed by atoms with van der Waals surface area (Å²) in [5.74, 6) is 0.249. The van der Waals surface area contributed by atoms with Crippen molar-refractivity contribution < 1.29 is 14.3 Å². The molecule has 2 N–H and O–H groups in total. The lowest BCUT2D eigenvalue weighted by Gasteiger charge is -2.08. The first kappa shape index (κ1) is 20.6. The summed E-state index contributed by atoms with van der Waals surface area (Å²) in [5.41, 5.74) is 2.35. The van der Waals surface area contributed by atoms with Crippen LogP contribution in [0.1, 0.15) is 25.8 Å². The average Bonchev–Trinajstić information content (AvgIpc) is 3.07. The zero-order chi connectivity index (χ0) is 20.6. The van der Waals surface area contributed by atoms with E-state index in [9.17, 15) is 9.59 Å². The number of nitrogens with zero attached hydrogens (tertiary/aromatic N) is 2. The molecule has 0 radical (unpaired) electrons. The number of hydrogen-bond donors (Lipinski definition) is 2. The first-order valence-corrected chi connectivity index (χ1v) is 10.1. The minimum Gasteiger partial charge on any atom is -0.494 e. The Morgan fingerprint density at radius 3 is 2.59 bits per heavy atom. The van der Waals surface area contributed by atoms with Crippen molar-refractivity contribution in [1.29, 1.82) is 0 Å². The molecule has 1 heterocycles.